The fraction of sp³-hybridized carbons (Fsp3) is 0.133. The van der Waals surface area contributed by atoms with Crippen molar-refractivity contribution in [2.75, 3.05) is 4.90 Å². The van der Waals surface area contributed by atoms with Crippen LogP contribution in [0, 0.1) is 0 Å². The lowest BCUT2D eigenvalue weighted by atomic mass is 9.76. The monoisotopic (exact) mass is 797 g/mol. The fourth-order valence-electron chi connectivity index (χ4n) is 11.3. The summed E-state index contributed by atoms with van der Waals surface area (Å²) < 4.78 is 6.76. The first kappa shape index (κ1) is 36.7. The number of nitrogens with zero attached hydrogens (tertiary/aromatic N) is 1. The molecule has 0 spiro atoms. The number of furan rings is 1. The summed E-state index contributed by atoms with van der Waals surface area (Å²) in [5, 5.41) is 2.27. The predicted octanol–water partition coefficient (Wildman–Crippen LogP) is 16.0. The second-order valence-electron chi connectivity index (χ2n) is 18.4. The molecule has 0 aliphatic heterocycles. The molecule has 8 aromatic carbocycles. The zero-order valence-corrected chi connectivity index (χ0v) is 35.6. The molecule has 298 valence electrons. The van der Waals surface area contributed by atoms with Crippen LogP contribution in [0.5, 0.6) is 0 Å². The molecule has 12 rings (SSSR count). The summed E-state index contributed by atoms with van der Waals surface area (Å²) in [6.45, 7) is 9.58. The summed E-state index contributed by atoms with van der Waals surface area (Å²) in [6, 6.07) is 67.1. The molecule has 0 saturated carbocycles. The van der Waals surface area contributed by atoms with Gasteiger partial charge < -0.3 is 9.32 Å². The molecule has 1 heterocycles. The smallest absolute Gasteiger partial charge is 0.136 e. The molecule has 1 aromatic heterocycles. The Morgan fingerprint density at radius 1 is 0.468 bits per heavy atom. The van der Waals surface area contributed by atoms with Crippen LogP contribution >= 0.6 is 0 Å². The van der Waals surface area contributed by atoms with Gasteiger partial charge in [-0.25, -0.2) is 0 Å². The van der Waals surface area contributed by atoms with Gasteiger partial charge in [-0.1, -0.05) is 197 Å². The summed E-state index contributed by atoms with van der Waals surface area (Å²) in [4.78, 5) is 2.67. The average Bonchev–Trinajstić information content (AvgIpc) is 3.89. The molecule has 3 aliphatic carbocycles. The van der Waals surface area contributed by atoms with Gasteiger partial charge in [-0.15, -0.1) is 0 Å². The van der Waals surface area contributed by atoms with Crippen molar-refractivity contribution in [1.29, 1.82) is 0 Å². The Labute approximate surface area is 364 Å². The second kappa shape index (κ2) is 13.7. The minimum atomic E-state index is -0.150. The summed E-state index contributed by atoms with van der Waals surface area (Å²) >= 11 is 0. The van der Waals surface area contributed by atoms with Gasteiger partial charge in [0.15, 0.2) is 0 Å². The van der Waals surface area contributed by atoms with Crippen LogP contribution in [0.3, 0.4) is 0 Å². The van der Waals surface area contributed by atoms with Crippen molar-refractivity contribution >= 4 is 33.3 Å². The minimum Gasteiger partial charge on any atom is -0.456 e. The van der Waals surface area contributed by atoms with E-state index >= 15 is 0 Å². The number of hydrogen-bond acceptors (Lipinski definition) is 2. The average molecular weight is 798 g/mol. The Morgan fingerprint density at radius 2 is 1.15 bits per heavy atom. The molecule has 2 atom stereocenters. The third-order valence-corrected chi connectivity index (χ3v) is 14.4. The van der Waals surface area contributed by atoms with E-state index in [-0.39, 0.29) is 22.8 Å². The first-order valence-electron chi connectivity index (χ1n) is 22.0. The maximum Gasteiger partial charge on any atom is 0.136 e. The highest BCUT2D eigenvalue weighted by molar-refractivity contribution is 6.13. The first-order chi connectivity index (χ1) is 30.3. The summed E-state index contributed by atoms with van der Waals surface area (Å²) in [5.74, 6) is 0.159. The van der Waals surface area contributed by atoms with Crippen LogP contribution in [0.25, 0.3) is 66.4 Å². The molecule has 0 bridgehead atoms. The number of hydrogen-bond donors (Lipinski definition) is 0. The Kier molecular flexibility index (Phi) is 8.09. The quantitative estimate of drug-likeness (QED) is 0.167. The molecule has 62 heavy (non-hydrogen) atoms. The molecule has 9 aromatic rings. The van der Waals surface area contributed by atoms with E-state index in [0.717, 1.165) is 38.8 Å². The zero-order chi connectivity index (χ0) is 41.7. The molecule has 0 amide bonds. The Morgan fingerprint density at radius 3 is 1.97 bits per heavy atom. The Balaban J connectivity index is 1.11. The molecule has 0 saturated heterocycles. The van der Waals surface area contributed by atoms with Gasteiger partial charge in [0.05, 0.1) is 11.7 Å². The number of fused-ring (bicyclic) bond motifs is 9. The first-order valence-corrected chi connectivity index (χ1v) is 22.0. The van der Waals surface area contributed by atoms with Crippen LogP contribution in [0.4, 0.5) is 11.4 Å². The zero-order valence-electron chi connectivity index (χ0n) is 35.6. The number of anilines is 2. The lowest BCUT2D eigenvalue weighted by Crippen LogP contribution is -2.37. The van der Waals surface area contributed by atoms with Crippen molar-refractivity contribution in [3.63, 3.8) is 0 Å². The van der Waals surface area contributed by atoms with Gasteiger partial charge in [-0.3, -0.25) is 0 Å². The standard InChI is InChI=1S/C60H47NO/c1-59(2)50-25-14-12-22-47(50)58-51(59)26-16-27-53(58)61(42-31-34-46-45-21-11-13-24-49(45)60(3,4)52(46)37-42)54-35-40(38-17-7-5-8-18-38)29-32-43(54)41-30-33-48-56(36-41)62-55-28-15-23-44(57(48)55)39-19-9-6-10-20-39/h5-37,53,58H,1-4H3. The Hall–Kier alpha value is -7.16. The van der Waals surface area contributed by atoms with E-state index in [2.05, 4.69) is 233 Å². The number of rotatable bonds is 6. The molecule has 0 radical (unpaired) electrons. The third kappa shape index (κ3) is 5.42. The minimum absolute atomic E-state index is 0.00370. The predicted molar refractivity (Wildman–Crippen MR) is 259 cm³/mol. The highest BCUT2D eigenvalue weighted by Crippen LogP contribution is 2.57. The van der Waals surface area contributed by atoms with E-state index in [1.807, 2.05) is 0 Å². The van der Waals surface area contributed by atoms with Crippen LogP contribution in [-0.4, -0.2) is 6.04 Å². The van der Waals surface area contributed by atoms with Crippen LogP contribution in [0.15, 0.2) is 210 Å². The van der Waals surface area contributed by atoms with Gasteiger partial charge in [0, 0.05) is 38.8 Å². The molecular weight excluding hydrogens is 751 g/mol. The molecule has 0 fully saturated rings. The molecule has 0 N–H and O–H groups in total. The topological polar surface area (TPSA) is 16.4 Å². The molecule has 2 heteroatoms. The van der Waals surface area contributed by atoms with Crippen molar-refractivity contribution in [1.82, 2.24) is 0 Å². The summed E-state index contributed by atoms with van der Waals surface area (Å²) in [7, 11) is 0. The highest BCUT2D eigenvalue weighted by Gasteiger charge is 2.47. The highest BCUT2D eigenvalue weighted by atomic mass is 16.3. The van der Waals surface area contributed by atoms with Crippen LogP contribution < -0.4 is 4.90 Å². The van der Waals surface area contributed by atoms with Gasteiger partial charge in [-0.05, 0) is 97.6 Å². The Bertz CT molecular complexity index is 3310. The van der Waals surface area contributed by atoms with Gasteiger partial charge in [0.2, 0.25) is 0 Å². The number of allylic oxidation sites excluding steroid dienone is 2. The van der Waals surface area contributed by atoms with Crippen molar-refractivity contribution < 1.29 is 4.42 Å². The van der Waals surface area contributed by atoms with E-state index in [1.54, 1.807) is 0 Å². The van der Waals surface area contributed by atoms with E-state index in [4.69, 9.17) is 4.42 Å². The van der Waals surface area contributed by atoms with Crippen molar-refractivity contribution in [3.05, 3.63) is 228 Å². The van der Waals surface area contributed by atoms with E-state index in [0.29, 0.717) is 0 Å². The number of benzene rings is 8. The van der Waals surface area contributed by atoms with Crippen LogP contribution in [0.1, 0.15) is 55.9 Å². The maximum atomic E-state index is 6.76. The second-order valence-corrected chi connectivity index (χ2v) is 18.4. The largest absolute Gasteiger partial charge is 0.456 e. The lowest BCUT2D eigenvalue weighted by molar-refractivity contribution is 0.580. The van der Waals surface area contributed by atoms with Gasteiger partial charge in [-0.2, -0.15) is 0 Å². The van der Waals surface area contributed by atoms with Crippen molar-refractivity contribution in [3.8, 4) is 44.5 Å². The lowest BCUT2D eigenvalue weighted by Gasteiger charge is -2.41. The van der Waals surface area contributed by atoms with Crippen molar-refractivity contribution in [2.45, 2.75) is 50.5 Å². The van der Waals surface area contributed by atoms with Crippen molar-refractivity contribution in [2.24, 2.45) is 0 Å². The van der Waals surface area contributed by atoms with E-state index in [9.17, 15) is 0 Å². The van der Waals surface area contributed by atoms with Gasteiger partial charge >= 0.3 is 0 Å². The maximum absolute atomic E-state index is 6.76. The van der Waals surface area contributed by atoms with Crippen LogP contribution in [0.2, 0.25) is 0 Å². The molecule has 2 nitrogen and oxygen atoms in total. The van der Waals surface area contributed by atoms with Gasteiger partial charge in [0.1, 0.15) is 11.2 Å². The SMILES string of the molecule is CC1(C)C2=CC=CC(N(c3ccc4c(c3)C(C)(C)c3ccccc3-4)c3cc(-c4ccccc4)ccc3-c3ccc4c(c3)oc3cccc(-c5ccccc5)c34)C2c2ccccc21. The van der Waals surface area contributed by atoms with E-state index < -0.39 is 0 Å². The van der Waals surface area contributed by atoms with Crippen LogP contribution in [-0.2, 0) is 10.8 Å². The molecule has 2 unspecified atom stereocenters. The van der Waals surface area contributed by atoms with E-state index in [1.165, 1.54) is 66.9 Å². The third-order valence-electron chi connectivity index (χ3n) is 14.4. The fourth-order valence-corrected chi connectivity index (χ4v) is 11.3. The summed E-state index contributed by atoms with van der Waals surface area (Å²) in [6.07, 6.45) is 7.16. The molecule has 3 aliphatic rings. The normalized spacial score (nSPS) is 17.6. The molecular formula is C60H47NO. The van der Waals surface area contributed by atoms with Gasteiger partial charge in [0.25, 0.3) is 0 Å². The summed E-state index contributed by atoms with van der Waals surface area (Å²) in [5.41, 5.74) is 20.6.